The second-order valence-electron chi connectivity index (χ2n) is 5.17. The molecule has 0 radical (unpaired) electrons. The number of carbonyl (C=O) groups excluding carboxylic acids is 2. The molecule has 0 unspecified atom stereocenters. The first-order chi connectivity index (χ1) is 10.0. The van der Waals surface area contributed by atoms with Crippen LogP contribution >= 0.6 is 22.9 Å². The number of amides is 2. The molecule has 2 amide bonds. The van der Waals surface area contributed by atoms with Gasteiger partial charge in [-0.05, 0) is 42.5 Å². The molecule has 0 aliphatic carbocycles. The van der Waals surface area contributed by atoms with Gasteiger partial charge in [0.2, 0.25) is 11.8 Å². The van der Waals surface area contributed by atoms with Crippen LogP contribution in [0.1, 0.15) is 23.3 Å². The monoisotopic (exact) mass is 322 g/mol. The van der Waals surface area contributed by atoms with Crippen LogP contribution in [0.15, 0.2) is 18.2 Å². The van der Waals surface area contributed by atoms with Crippen LogP contribution in [0.2, 0.25) is 5.02 Å². The van der Waals surface area contributed by atoms with E-state index in [9.17, 15) is 9.59 Å². The van der Waals surface area contributed by atoms with Gasteiger partial charge in [0, 0.05) is 21.0 Å². The molecule has 110 valence electrons. The fourth-order valence-electron chi connectivity index (χ4n) is 2.51. The van der Waals surface area contributed by atoms with Crippen molar-refractivity contribution in [3.8, 4) is 0 Å². The molecule has 1 aliphatic heterocycles. The predicted molar refractivity (Wildman–Crippen MR) is 84.6 cm³/mol. The molecule has 3 rings (SSSR count). The Bertz CT molecular complexity index is 726. The summed E-state index contributed by atoms with van der Waals surface area (Å²) in [6.45, 7) is 2.52. The molecule has 0 spiro atoms. The van der Waals surface area contributed by atoms with Crippen molar-refractivity contribution < 1.29 is 9.59 Å². The van der Waals surface area contributed by atoms with Crippen molar-refractivity contribution in [2.24, 2.45) is 0 Å². The van der Waals surface area contributed by atoms with E-state index in [1.807, 2.05) is 25.1 Å². The molecular formula is C15H15ClN2O2S. The van der Waals surface area contributed by atoms with Gasteiger partial charge in [0.1, 0.15) is 6.04 Å². The first kappa shape index (κ1) is 14.4. The van der Waals surface area contributed by atoms with Gasteiger partial charge in [-0.3, -0.25) is 9.59 Å². The summed E-state index contributed by atoms with van der Waals surface area (Å²) in [4.78, 5) is 24.3. The SMILES string of the molecule is Cc1c(CNC(=O)[C@@H]2CCC(=O)N2)sc2ccc(Cl)cc12. The van der Waals surface area contributed by atoms with Gasteiger partial charge < -0.3 is 10.6 Å². The zero-order chi connectivity index (χ0) is 15.0. The second kappa shape index (κ2) is 5.66. The van der Waals surface area contributed by atoms with Crippen molar-refractivity contribution in [1.29, 1.82) is 0 Å². The van der Waals surface area contributed by atoms with Crippen LogP contribution in [0, 0.1) is 6.92 Å². The summed E-state index contributed by atoms with van der Waals surface area (Å²) in [5, 5.41) is 7.42. The highest BCUT2D eigenvalue weighted by Gasteiger charge is 2.27. The van der Waals surface area contributed by atoms with Gasteiger partial charge >= 0.3 is 0 Å². The first-order valence-corrected chi connectivity index (χ1v) is 7.98. The number of thiophene rings is 1. The lowest BCUT2D eigenvalue weighted by Gasteiger charge is -2.10. The maximum absolute atomic E-state index is 12.0. The number of carbonyl (C=O) groups is 2. The number of halogens is 1. The summed E-state index contributed by atoms with van der Waals surface area (Å²) in [7, 11) is 0. The van der Waals surface area contributed by atoms with Crippen LogP contribution in [0.3, 0.4) is 0 Å². The molecule has 1 atom stereocenters. The van der Waals surface area contributed by atoms with Crippen LogP contribution in [-0.2, 0) is 16.1 Å². The standard InChI is InChI=1S/C15H15ClN2O2S/c1-8-10-6-9(16)2-4-12(10)21-13(8)7-17-15(20)11-3-5-14(19)18-11/h2,4,6,11H,3,5,7H2,1H3,(H,17,20)(H,18,19)/t11-/m0/s1. The van der Waals surface area contributed by atoms with E-state index in [0.29, 0.717) is 24.4 Å². The van der Waals surface area contributed by atoms with E-state index in [-0.39, 0.29) is 17.9 Å². The highest BCUT2D eigenvalue weighted by atomic mass is 35.5. The molecular weight excluding hydrogens is 308 g/mol. The third-order valence-electron chi connectivity index (χ3n) is 3.73. The molecule has 1 aromatic heterocycles. The largest absolute Gasteiger partial charge is 0.349 e. The molecule has 1 aliphatic rings. The number of hydrogen-bond acceptors (Lipinski definition) is 3. The van der Waals surface area contributed by atoms with E-state index in [1.54, 1.807) is 11.3 Å². The zero-order valence-electron chi connectivity index (χ0n) is 11.5. The van der Waals surface area contributed by atoms with E-state index in [1.165, 1.54) is 0 Å². The van der Waals surface area contributed by atoms with Gasteiger partial charge in [0.25, 0.3) is 0 Å². The summed E-state index contributed by atoms with van der Waals surface area (Å²) < 4.78 is 1.16. The Labute approximate surface area is 131 Å². The molecule has 2 aromatic rings. The first-order valence-electron chi connectivity index (χ1n) is 6.79. The fraction of sp³-hybridized carbons (Fsp3) is 0.333. The molecule has 6 heteroatoms. The van der Waals surface area contributed by atoms with Gasteiger partial charge in [-0.25, -0.2) is 0 Å². The Kier molecular flexibility index (Phi) is 3.87. The topological polar surface area (TPSA) is 58.2 Å². The maximum Gasteiger partial charge on any atom is 0.242 e. The quantitative estimate of drug-likeness (QED) is 0.913. The molecule has 0 saturated carbocycles. The maximum atomic E-state index is 12.0. The second-order valence-corrected chi connectivity index (χ2v) is 6.74. The average molecular weight is 323 g/mol. The van der Waals surface area contributed by atoms with Crippen LogP contribution in [0.4, 0.5) is 0 Å². The predicted octanol–water partition coefficient (Wildman–Crippen LogP) is 2.76. The molecule has 2 heterocycles. The van der Waals surface area contributed by atoms with Gasteiger partial charge in [-0.15, -0.1) is 11.3 Å². The van der Waals surface area contributed by atoms with Gasteiger partial charge in [0.15, 0.2) is 0 Å². The molecule has 21 heavy (non-hydrogen) atoms. The highest BCUT2D eigenvalue weighted by Crippen LogP contribution is 2.32. The smallest absolute Gasteiger partial charge is 0.242 e. The van der Waals surface area contributed by atoms with Crippen molar-refractivity contribution in [1.82, 2.24) is 10.6 Å². The van der Waals surface area contributed by atoms with Gasteiger partial charge in [-0.1, -0.05) is 11.6 Å². The van der Waals surface area contributed by atoms with Crippen molar-refractivity contribution in [2.75, 3.05) is 0 Å². The van der Waals surface area contributed by atoms with Gasteiger partial charge in [-0.2, -0.15) is 0 Å². The van der Waals surface area contributed by atoms with E-state index < -0.39 is 0 Å². The molecule has 1 aromatic carbocycles. The average Bonchev–Trinajstić information content (AvgIpc) is 3.02. The lowest BCUT2D eigenvalue weighted by Crippen LogP contribution is -2.41. The van der Waals surface area contributed by atoms with E-state index in [0.717, 1.165) is 20.5 Å². The Hall–Kier alpha value is -1.59. The number of rotatable bonds is 3. The summed E-state index contributed by atoms with van der Waals surface area (Å²) in [6, 6.07) is 5.43. The summed E-state index contributed by atoms with van der Waals surface area (Å²) >= 11 is 7.68. The third kappa shape index (κ3) is 2.89. The van der Waals surface area contributed by atoms with Crippen LogP contribution in [0.25, 0.3) is 10.1 Å². The van der Waals surface area contributed by atoms with E-state index in [2.05, 4.69) is 10.6 Å². The van der Waals surface area contributed by atoms with Crippen LogP contribution < -0.4 is 10.6 Å². The van der Waals surface area contributed by atoms with Crippen LogP contribution in [0.5, 0.6) is 0 Å². The zero-order valence-corrected chi connectivity index (χ0v) is 13.1. The number of benzene rings is 1. The van der Waals surface area contributed by atoms with Crippen molar-refractivity contribution in [3.05, 3.63) is 33.7 Å². The number of aryl methyl sites for hydroxylation is 1. The molecule has 1 saturated heterocycles. The minimum absolute atomic E-state index is 0.0529. The summed E-state index contributed by atoms with van der Waals surface area (Å²) in [6.07, 6.45) is 1.00. The third-order valence-corrected chi connectivity index (χ3v) is 5.24. The van der Waals surface area contributed by atoms with Crippen molar-refractivity contribution >= 4 is 44.8 Å². The summed E-state index contributed by atoms with van der Waals surface area (Å²) in [5.41, 5.74) is 1.15. The normalized spacial score (nSPS) is 18.0. The number of hydrogen-bond donors (Lipinski definition) is 2. The van der Waals surface area contributed by atoms with Crippen molar-refractivity contribution in [3.63, 3.8) is 0 Å². The molecule has 1 fully saturated rings. The lowest BCUT2D eigenvalue weighted by molar-refractivity contribution is -0.125. The van der Waals surface area contributed by atoms with Crippen molar-refractivity contribution in [2.45, 2.75) is 32.4 Å². The Morgan fingerprint density at radius 3 is 3.05 bits per heavy atom. The van der Waals surface area contributed by atoms with Gasteiger partial charge in [0.05, 0.1) is 6.54 Å². The molecule has 0 bridgehead atoms. The number of fused-ring (bicyclic) bond motifs is 1. The molecule has 2 N–H and O–H groups in total. The Morgan fingerprint density at radius 2 is 2.33 bits per heavy atom. The fourth-order valence-corrected chi connectivity index (χ4v) is 3.82. The molecule has 4 nitrogen and oxygen atoms in total. The minimum Gasteiger partial charge on any atom is -0.349 e. The minimum atomic E-state index is -0.387. The number of nitrogens with one attached hydrogen (secondary N) is 2. The van der Waals surface area contributed by atoms with Crippen LogP contribution in [-0.4, -0.2) is 17.9 Å². The Balaban J connectivity index is 1.72. The summed E-state index contributed by atoms with van der Waals surface area (Å²) in [5.74, 6) is -0.168. The Morgan fingerprint density at radius 1 is 1.52 bits per heavy atom. The van der Waals surface area contributed by atoms with E-state index in [4.69, 9.17) is 11.6 Å². The highest BCUT2D eigenvalue weighted by molar-refractivity contribution is 7.19. The lowest BCUT2D eigenvalue weighted by atomic mass is 10.1. The van der Waals surface area contributed by atoms with E-state index >= 15 is 0 Å².